The lowest BCUT2D eigenvalue weighted by molar-refractivity contribution is -0.104. The molecule has 1 saturated carbocycles. The van der Waals surface area contributed by atoms with Crippen LogP contribution in [0.25, 0.3) is 22.3 Å². The average molecular weight is 1380 g/mol. The first kappa shape index (κ1) is 70.7. The van der Waals surface area contributed by atoms with Gasteiger partial charge < -0.3 is 19.3 Å². The smallest absolute Gasteiger partial charge is 0.351 e. The topological polar surface area (TPSA) is 131 Å². The van der Waals surface area contributed by atoms with Crippen LogP contribution in [-0.4, -0.2) is 55.7 Å². The zero-order chi connectivity index (χ0) is 71.7. The predicted molar refractivity (Wildman–Crippen MR) is 415 cm³/mol. The van der Waals surface area contributed by atoms with Gasteiger partial charge in [0.05, 0.1) is 33.4 Å². The molecule has 4 aliphatic heterocycles. The van der Waals surface area contributed by atoms with Crippen LogP contribution in [0.3, 0.4) is 0 Å². The summed E-state index contributed by atoms with van der Waals surface area (Å²) in [5, 5.41) is 31.8. The second-order valence-electron chi connectivity index (χ2n) is 32.6. The number of anilines is 2. The minimum atomic E-state index is -4.66. The minimum Gasteiger partial charge on any atom is -0.435 e. The second kappa shape index (κ2) is 26.0. The number of benzene rings is 8. The summed E-state index contributed by atoms with van der Waals surface area (Å²) in [7, 11) is -9.30. The Morgan fingerprint density at radius 3 is 1.11 bits per heavy atom. The fourth-order valence-corrected chi connectivity index (χ4v) is 22.8. The van der Waals surface area contributed by atoms with Gasteiger partial charge in [0.1, 0.15) is 11.5 Å². The molecular weight excluding hydrogens is 1270 g/mol. The van der Waals surface area contributed by atoms with Crippen LogP contribution in [0.15, 0.2) is 180 Å². The van der Waals surface area contributed by atoms with Gasteiger partial charge >= 0.3 is 25.9 Å². The molecular formula is C86H104N6O6P2. The summed E-state index contributed by atoms with van der Waals surface area (Å²) in [6.45, 7) is 42.0. The quantitative estimate of drug-likeness (QED) is 0.0850. The third-order valence-corrected chi connectivity index (χ3v) is 27.1. The maximum atomic E-state index is 18.1. The number of nitrogens with zero attached hydrogens (tertiary/aromatic N) is 6. The molecule has 1 aliphatic carbocycles. The van der Waals surface area contributed by atoms with Crippen LogP contribution < -0.4 is 29.5 Å². The van der Waals surface area contributed by atoms with Gasteiger partial charge in [0.2, 0.25) is 11.9 Å². The van der Waals surface area contributed by atoms with E-state index < -0.39 is 42.8 Å². The molecule has 13 rings (SSSR count). The maximum Gasteiger partial charge on any atom is 0.351 e. The first-order valence-corrected chi connectivity index (χ1v) is 39.9. The Kier molecular flexibility index (Phi) is 18.4. The number of para-hydroxylation sites is 6. The van der Waals surface area contributed by atoms with Crippen molar-refractivity contribution in [1.82, 2.24) is 9.80 Å². The molecule has 0 radical (unpaired) electrons. The van der Waals surface area contributed by atoms with Crippen molar-refractivity contribution in [3.8, 4) is 33.8 Å². The highest BCUT2D eigenvalue weighted by molar-refractivity contribution is 7.69. The van der Waals surface area contributed by atoms with Crippen LogP contribution >= 0.6 is 14.7 Å². The summed E-state index contributed by atoms with van der Waals surface area (Å²) in [5.41, 5.74) is 8.05. The number of hydrogen-bond donors (Lipinski definition) is 2. The summed E-state index contributed by atoms with van der Waals surface area (Å²) < 4.78 is 50.6. The van der Waals surface area contributed by atoms with E-state index in [1.807, 2.05) is 117 Å². The lowest BCUT2D eigenvalue weighted by Crippen LogP contribution is -2.82. The van der Waals surface area contributed by atoms with E-state index in [1.54, 1.807) is 0 Å². The highest BCUT2D eigenvalue weighted by Gasteiger charge is 2.75. The highest BCUT2D eigenvalue weighted by Crippen LogP contribution is 2.72. The Morgan fingerprint density at radius 2 is 0.730 bits per heavy atom. The normalized spacial score (nSPS) is 24.7. The minimum absolute atomic E-state index is 0.0410. The number of aliphatic imine (C=N–C) groups is 2. The summed E-state index contributed by atoms with van der Waals surface area (Å²) in [4.78, 5) is 19.9. The van der Waals surface area contributed by atoms with Gasteiger partial charge in [-0.3, -0.25) is 28.7 Å². The van der Waals surface area contributed by atoms with E-state index in [9.17, 15) is 0 Å². The van der Waals surface area contributed by atoms with Gasteiger partial charge in [-0.25, -0.2) is 9.98 Å². The Hall–Kier alpha value is -7.72. The van der Waals surface area contributed by atoms with Crippen LogP contribution in [0.5, 0.6) is 11.5 Å². The van der Waals surface area contributed by atoms with Crippen molar-refractivity contribution in [3.05, 3.63) is 214 Å². The summed E-state index contributed by atoms with van der Waals surface area (Å²) in [6, 6.07) is 55.9. The zero-order valence-corrected chi connectivity index (χ0v) is 64.1. The van der Waals surface area contributed by atoms with E-state index in [0.717, 1.165) is 89.5 Å². The number of guanidine groups is 2. The van der Waals surface area contributed by atoms with Crippen molar-refractivity contribution in [2.75, 3.05) is 16.3 Å². The van der Waals surface area contributed by atoms with Crippen molar-refractivity contribution >= 4 is 60.0 Å². The third-order valence-electron chi connectivity index (χ3n) is 21.8. The molecule has 5 aliphatic rings. The SMILES string of the molecule is CC(C)c1cccc(C(C)C)c1N=C1N(CC2(C)CC(N3C(=Nc4c(C(C)C)cccc4C(C)C)N(c4c(C(C)C)cccc4C(C)C)C3(O)P3(=O)Oc4ccccc4-c4ccccc43)CC(C)(C)C2)C(O)(P2(=O)Oc3ccccc3-c3ccccc32)N1c1c(C(C)C)cccc1C(C)C. The van der Waals surface area contributed by atoms with Crippen LogP contribution in [0, 0.1) is 10.8 Å². The molecule has 524 valence electrons. The second-order valence-corrected chi connectivity index (χ2v) is 37.3. The lowest BCUT2D eigenvalue weighted by Gasteiger charge is -2.66. The Morgan fingerprint density at radius 1 is 0.410 bits per heavy atom. The molecule has 6 atom stereocenters. The van der Waals surface area contributed by atoms with Gasteiger partial charge in [-0.05, 0) is 157 Å². The van der Waals surface area contributed by atoms with E-state index in [1.165, 1.54) is 0 Å². The molecule has 0 spiro atoms. The Bertz CT molecular complexity index is 4560. The van der Waals surface area contributed by atoms with Crippen LogP contribution in [0.2, 0.25) is 0 Å². The molecule has 100 heavy (non-hydrogen) atoms. The molecule has 4 heterocycles. The van der Waals surface area contributed by atoms with E-state index in [0.29, 0.717) is 53.3 Å². The molecule has 12 nitrogen and oxygen atoms in total. The van der Waals surface area contributed by atoms with Gasteiger partial charge in [0, 0.05) is 23.7 Å². The van der Waals surface area contributed by atoms with E-state index >= 15 is 19.3 Å². The third kappa shape index (κ3) is 11.2. The van der Waals surface area contributed by atoms with Gasteiger partial charge in [0.25, 0.3) is 0 Å². The summed E-state index contributed by atoms with van der Waals surface area (Å²) >= 11 is 0. The Balaban J connectivity index is 1.10. The Labute approximate surface area is 595 Å². The van der Waals surface area contributed by atoms with Gasteiger partial charge in [-0.1, -0.05) is 277 Å². The van der Waals surface area contributed by atoms with Crippen LogP contribution in [0.4, 0.5) is 22.7 Å². The molecule has 14 heteroatoms. The van der Waals surface area contributed by atoms with Crippen LogP contribution in [-0.2, 0) is 9.13 Å². The molecule has 8 aromatic rings. The molecule has 3 fully saturated rings. The van der Waals surface area contributed by atoms with Gasteiger partial charge in [-0.15, -0.1) is 0 Å². The standard InChI is InChI=1S/C86H104N6O6P2/c1-52(2)61-36-28-37-62(53(3)4)77(61)87-81-89(85(93,91(81)79-65(56(9)10)40-30-41-66(79)57(11)12)99(95)75-46-26-22-34-71(75)69-32-20-24-44-73(69)97-99)51-84(19)49-60(48-83(17,18)50-84)90-82(88-78-63(54(5)6)38-29-39-64(78)55(7)8)92(80-67(58(13)14)42-31-43-68(80)59(15)16)86(90,94)100(96)76-47-27-23-35-72(76)70-33-21-25-45-74(70)98-100/h20-47,52-60,93-94H,48-51H2,1-19H3. The molecule has 8 aromatic carbocycles. The molecule has 0 amide bonds. The number of rotatable bonds is 17. The van der Waals surface area contributed by atoms with Crippen LogP contribution in [0.1, 0.15) is 243 Å². The fourth-order valence-electron chi connectivity index (χ4n) is 17.3. The highest BCUT2D eigenvalue weighted by atomic mass is 31.2. The first-order valence-electron chi connectivity index (χ1n) is 36.6. The van der Waals surface area contributed by atoms with Crippen molar-refractivity contribution in [3.63, 3.8) is 0 Å². The number of hydrogen-bond acceptors (Lipinski definition) is 8. The number of aliphatic hydroxyl groups is 2. The predicted octanol–water partition coefficient (Wildman–Crippen LogP) is 22.1. The van der Waals surface area contributed by atoms with E-state index in [-0.39, 0.29) is 53.9 Å². The zero-order valence-electron chi connectivity index (χ0n) is 62.3. The van der Waals surface area contributed by atoms with E-state index in [4.69, 9.17) is 19.0 Å². The monoisotopic (exact) mass is 1380 g/mol. The van der Waals surface area contributed by atoms with Crippen molar-refractivity contribution < 1.29 is 28.4 Å². The largest absolute Gasteiger partial charge is 0.435 e. The van der Waals surface area contributed by atoms with Crippen molar-refractivity contribution in [1.29, 1.82) is 0 Å². The maximum absolute atomic E-state index is 18.1. The molecule has 0 aromatic heterocycles. The number of fused-ring (bicyclic) bond motifs is 6. The van der Waals surface area contributed by atoms with Crippen molar-refractivity contribution in [2.24, 2.45) is 20.8 Å². The lowest BCUT2D eigenvalue weighted by atomic mass is 9.62. The molecule has 2 saturated heterocycles. The van der Waals surface area contributed by atoms with E-state index in [2.05, 4.69) is 204 Å². The summed E-state index contributed by atoms with van der Waals surface area (Å²) in [6.07, 6.45) is 1.53. The summed E-state index contributed by atoms with van der Waals surface area (Å²) in [5.74, 6) is 1.84. The fraction of sp³-hybridized carbons (Fsp3) is 0.419. The van der Waals surface area contributed by atoms with Crippen molar-refractivity contribution in [2.45, 2.75) is 215 Å². The average Bonchev–Trinajstić information content (AvgIpc) is 0.667. The first-order chi connectivity index (χ1) is 47.3. The van der Waals surface area contributed by atoms with Gasteiger partial charge in [-0.2, -0.15) is 0 Å². The molecule has 6 unspecified atom stereocenters. The van der Waals surface area contributed by atoms with Gasteiger partial charge in [0.15, 0.2) is 0 Å². The molecule has 2 N–H and O–H groups in total. The molecule has 0 bridgehead atoms.